The SMILES string of the molecule is CCc1sc(=NC(=O)c2ccccc2I)n(C)c1-c1ccc(OC)cc1. The van der Waals surface area contributed by atoms with E-state index in [0.29, 0.717) is 10.4 Å². The molecule has 0 saturated carbocycles. The van der Waals surface area contributed by atoms with Crippen LogP contribution < -0.4 is 9.54 Å². The van der Waals surface area contributed by atoms with E-state index in [1.165, 1.54) is 4.88 Å². The topological polar surface area (TPSA) is 43.6 Å². The number of rotatable bonds is 4. The van der Waals surface area contributed by atoms with Gasteiger partial charge in [0.05, 0.1) is 18.4 Å². The van der Waals surface area contributed by atoms with Crippen molar-refractivity contribution in [1.29, 1.82) is 0 Å². The molecule has 3 rings (SSSR count). The van der Waals surface area contributed by atoms with E-state index in [9.17, 15) is 4.79 Å². The Bertz CT molecular complexity index is 1000. The number of carbonyl (C=O) groups excluding carboxylic acids is 1. The van der Waals surface area contributed by atoms with Crippen LogP contribution in [-0.4, -0.2) is 17.6 Å². The van der Waals surface area contributed by atoms with Crippen molar-refractivity contribution in [3.63, 3.8) is 0 Å². The first-order valence-corrected chi connectivity index (χ1v) is 10.1. The molecule has 0 fully saturated rings. The van der Waals surface area contributed by atoms with E-state index in [2.05, 4.69) is 34.5 Å². The summed E-state index contributed by atoms with van der Waals surface area (Å²) in [4.78, 5) is 18.9. The second-order valence-corrected chi connectivity index (χ2v) is 7.92. The molecule has 0 aliphatic carbocycles. The molecule has 0 N–H and O–H groups in total. The van der Waals surface area contributed by atoms with Crippen molar-refractivity contribution in [3.05, 3.63) is 67.3 Å². The molecular formula is C20H19IN2O2S. The van der Waals surface area contributed by atoms with Gasteiger partial charge in [-0.05, 0) is 71.0 Å². The van der Waals surface area contributed by atoms with Crippen LogP contribution in [0.5, 0.6) is 5.75 Å². The zero-order valence-electron chi connectivity index (χ0n) is 14.8. The molecule has 6 heteroatoms. The number of aromatic nitrogens is 1. The largest absolute Gasteiger partial charge is 0.497 e. The van der Waals surface area contributed by atoms with Crippen molar-refractivity contribution in [2.75, 3.05) is 7.11 Å². The quantitative estimate of drug-likeness (QED) is 0.512. The van der Waals surface area contributed by atoms with Crippen molar-refractivity contribution in [2.24, 2.45) is 12.0 Å². The lowest BCUT2D eigenvalue weighted by Gasteiger charge is -2.07. The van der Waals surface area contributed by atoms with Gasteiger partial charge in [-0.2, -0.15) is 4.99 Å². The number of halogens is 1. The summed E-state index contributed by atoms with van der Waals surface area (Å²) in [5, 5.41) is 0. The van der Waals surface area contributed by atoms with Gasteiger partial charge in [-0.15, -0.1) is 11.3 Å². The fourth-order valence-electron chi connectivity index (χ4n) is 2.73. The first-order chi connectivity index (χ1) is 12.5. The molecule has 0 aliphatic heterocycles. The van der Waals surface area contributed by atoms with Gasteiger partial charge >= 0.3 is 0 Å². The first kappa shape index (κ1) is 18.8. The van der Waals surface area contributed by atoms with Crippen LogP contribution in [0.25, 0.3) is 11.3 Å². The molecule has 2 aromatic carbocycles. The minimum absolute atomic E-state index is 0.212. The number of ether oxygens (including phenoxy) is 1. The summed E-state index contributed by atoms with van der Waals surface area (Å²) in [6.45, 7) is 2.12. The van der Waals surface area contributed by atoms with Crippen molar-refractivity contribution >= 4 is 39.8 Å². The third-order valence-electron chi connectivity index (χ3n) is 4.09. The van der Waals surface area contributed by atoms with E-state index in [4.69, 9.17) is 4.74 Å². The number of hydrogen-bond acceptors (Lipinski definition) is 3. The predicted molar refractivity (Wildman–Crippen MR) is 114 cm³/mol. The Labute approximate surface area is 170 Å². The van der Waals surface area contributed by atoms with Crippen molar-refractivity contribution in [1.82, 2.24) is 4.57 Å². The number of amides is 1. The van der Waals surface area contributed by atoms with Crippen LogP contribution in [0.3, 0.4) is 0 Å². The normalized spacial score (nSPS) is 11.6. The lowest BCUT2D eigenvalue weighted by Crippen LogP contribution is -2.14. The van der Waals surface area contributed by atoms with Crippen LogP contribution in [0, 0.1) is 3.57 Å². The second-order valence-electron chi connectivity index (χ2n) is 5.69. The molecule has 1 aromatic heterocycles. The van der Waals surface area contributed by atoms with Crippen molar-refractivity contribution in [3.8, 4) is 17.0 Å². The minimum Gasteiger partial charge on any atom is -0.497 e. The molecule has 4 nitrogen and oxygen atoms in total. The minimum atomic E-state index is -0.212. The van der Waals surface area contributed by atoms with E-state index < -0.39 is 0 Å². The Morgan fingerprint density at radius 3 is 2.50 bits per heavy atom. The third-order valence-corrected chi connectivity index (χ3v) is 6.30. The maximum absolute atomic E-state index is 12.6. The van der Waals surface area contributed by atoms with Gasteiger partial charge in [0.15, 0.2) is 4.80 Å². The smallest absolute Gasteiger partial charge is 0.280 e. The average Bonchev–Trinajstić information content (AvgIpc) is 2.97. The Hall–Kier alpha value is -1.93. The standard InChI is InChI=1S/C20H19IN2O2S/c1-4-17-18(13-9-11-14(25-3)12-10-13)23(2)20(26-17)22-19(24)15-7-5-6-8-16(15)21/h5-12H,4H2,1-3H3. The molecule has 0 spiro atoms. The molecule has 134 valence electrons. The summed E-state index contributed by atoms with van der Waals surface area (Å²) in [5.41, 5.74) is 2.81. The van der Waals surface area contributed by atoms with E-state index in [0.717, 1.165) is 27.0 Å². The van der Waals surface area contributed by atoms with Crippen molar-refractivity contribution in [2.45, 2.75) is 13.3 Å². The number of carbonyl (C=O) groups is 1. The number of methoxy groups -OCH3 is 1. The molecule has 0 radical (unpaired) electrons. The Morgan fingerprint density at radius 1 is 1.19 bits per heavy atom. The lowest BCUT2D eigenvalue weighted by molar-refractivity contribution is 0.0997. The lowest BCUT2D eigenvalue weighted by atomic mass is 10.1. The maximum Gasteiger partial charge on any atom is 0.280 e. The first-order valence-electron chi connectivity index (χ1n) is 8.21. The highest BCUT2D eigenvalue weighted by Gasteiger charge is 2.14. The highest BCUT2D eigenvalue weighted by molar-refractivity contribution is 14.1. The molecule has 0 aliphatic rings. The monoisotopic (exact) mass is 478 g/mol. The number of nitrogens with zero attached hydrogens (tertiary/aromatic N) is 2. The summed E-state index contributed by atoms with van der Waals surface area (Å²) in [6, 6.07) is 15.5. The molecule has 1 heterocycles. The van der Waals surface area contributed by atoms with Gasteiger partial charge < -0.3 is 9.30 Å². The van der Waals surface area contributed by atoms with Crippen LogP contribution in [0.15, 0.2) is 53.5 Å². The number of thiazole rings is 1. The summed E-state index contributed by atoms with van der Waals surface area (Å²) in [5.74, 6) is 0.610. The van der Waals surface area contributed by atoms with E-state index in [1.807, 2.05) is 60.1 Å². The summed E-state index contributed by atoms with van der Waals surface area (Å²) >= 11 is 3.73. The second kappa shape index (κ2) is 8.18. The van der Waals surface area contributed by atoms with Crippen LogP contribution in [0.2, 0.25) is 0 Å². The highest BCUT2D eigenvalue weighted by Crippen LogP contribution is 2.27. The highest BCUT2D eigenvalue weighted by atomic mass is 127. The zero-order valence-corrected chi connectivity index (χ0v) is 17.8. The average molecular weight is 478 g/mol. The molecule has 1 amide bonds. The van der Waals surface area contributed by atoms with Crippen molar-refractivity contribution < 1.29 is 9.53 Å². The molecule has 3 aromatic rings. The molecule has 0 atom stereocenters. The van der Waals surface area contributed by atoms with Crippen LogP contribution >= 0.6 is 33.9 Å². The van der Waals surface area contributed by atoms with E-state index in [-0.39, 0.29) is 5.91 Å². The van der Waals surface area contributed by atoms with Gasteiger partial charge in [-0.1, -0.05) is 19.1 Å². The van der Waals surface area contributed by atoms with E-state index in [1.54, 1.807) is 18.4 Å². The predicted octanol–water partition coefficient (Wildman–Crippen LogP) is 4.67. The summed E-state index contributed by atoms with van der Waals surface area (Å²) in [6.07, 6.45) is 0.881. The molecule has 0 bridgehead atoms. The Kier molecular flexibility index (Phi) is 5.93. The third kappa shape index (κ3) is 3.76. The fraction of sp³-hybridized carbons (Fsp3) is 0.200. The van der Waals surface area contributed by atoms with Gasteiger partial charge in [0.2, 0.25) is 0 Å². The molecule has 0 unspecified atom stereocenters. The molecular weight excluding hydrogens is 459 g/mol. The number of hydrogen-bond donors (Lipinski definition) is 0. The Balaban J connectivity index is 2.08. The number of benzene rings is 2. The molecule has 0 saturated heterocycles. The summed E-state index contributed by atoms with van der Waals surface area (Å²) < 4.78 is 8.15. The zero-order chi connectivity index (χ0) is 18.7. The fourth-order valence-corrected chi connectivity index (χ4v) is 4.42. The van der Waals surface area contributed by atoms with Gasteiger partial charge in [-0.25, -0.2) is 0 Å². The van der Waals surface area contributed by atoms with Crippen LogP contribution in [-0.2, 0) is 13.5 Å². The van der Waals surface area contributed by atoms with E-state index >= 15 is 0 Å². The van der Waals surface area contributed by atoms with Gasteiger partial charge in [-0.3, -0.25) is 4.79 Å². The van der Waals surface area contributed by atoms with Gasteiger partial charge in [0, 0.05) is 15.5 Å². The van der Waals surface area contributed by atoms with Crippen LogP contribution in [0.4, 0.5) is 0 Å². The maximum atomic E-state index is 12.6. The van der Waals surface area contributed by atoms with Crippen LogP contribution in [0.1, 0.15) is 22.2 Å². The van der Waals surface area contributed by atoms with Gasteiger partial charge in [0.25, 0.3) is 5.91 Å². The number of aryl methyl sites for hydroxylation is 1. The van der Waals surface area contributed by atoms with Gasteiger partial charge in [0.1, 0.15) is 5.75 Å². The molecule has 26 heavy (non-hydrogen) atoms. The summed E-state index contributed by atoms with van der Waals surface area (Å²) in [7, 11) is 3.61. The Morgan fingerprint density at radius 2 is 1.88 bits per heavy atom.